The number of methoxy groups -OCH3 is 2. The summed E-state index contributed by atoms with van der Waals surface area (Å²) < 4.78 is 13.8. The van der Waals surface area contributed by atoms with Gasteiger partial charge in [-0.25, -0.2) is 4.79 Å². The molecule has 1 amide bonds. The van der Waals surface area contributed by atoms with E-state index in [2.05, 4.69) is 0 Å². The number of amides is 1. The fourth-order valence-electron chi connectivity index (χ4n) is 3.32. The molecule has 3 rings (SSSR count). The maximum atomic E-state index is 12.6. The number of rotatable bonds is 7. The lowest BCUT2D eigenvalue weighted by Gasteiger charge is -2.18. The predicted molar refractivity (Wildman–Crippen MR) is 108 cm³/mol. The standard InChI is InChI=1S/C21H25N3O4/c1-22(14-15-9-10-18(27-3)19(13-15)28-4)20(25)11-12-24-17-8-6-5-7-16(17)23(2)21(24)26/h5-10,13H,11-12,14H2,1-4H3. The van der Waals surface area contributed by atoms with E-state index in [1.54, 1.807) is 42.3 Å². The summed E-state index contributed by atoms with van der Waals surface area (Å²) in [7, 11) is 6.66. The molecule has 2 aromatic carbocycles. The molecule has 3 aromatic rings. The van der Waals surface area contributed by atoms with Gasteiger partial charge in [0.25, 0.3) is 0 Å². The van der Waals surface area contributed by atoms with Crippen LogP contribution in [0, 0.1) is 0 Å². The van der Waals surface area contributed by atoms with Gasteiger partial charge in [0, 0.05) is 33.6 Å². The van der Waals surface area contributed by atoms with E-state index >= 15 is 0 Å². The number of carbonyl (C=O) groups is 1. The molecule has 0 aliphatic carbocycles. The lowest BCUT2D eigenvalue weighted by molar-refractivity contribution is -0.130. The van der Waals surface area contributed by atoms with Crippen LogP contribution < -0.4 is 15.2 Å². The SMILES string of the molecule is COc1ccc(CN(C)C(=O)CCn2c(=O)n(C)c3ccccc32)cc1OC. The first kappa shape index (κ1) is 19.5. The smallest absolute Gasteiger partial charge is 0.328 e. The molecule has 0 atom stereocenters. The van der Waals surface area contributed by atoms with Gasteiger partial charge in [-0.15, -0.1) is 0 Å². The van der Waals surface area contributed by atoms with Crippen LogP contribution in [0.1, 0.15) is 12.0 Å². The summed E-state index contributed by atoms with van der Waals surface area (Å²) in [6.45, 7) is 0.791. The van der Waals surface area contributed by atoms with Gasteiger partial charge in [-0.05, 0) is 29.8 Å². The molecule has 0 saturated heterocycles. The number of aryl methyl sites for hydroxylation is 2. The van der Waals surface area contributed by atoms with Crippen LogP contribution in [-0.2, 0) is 24.9 Å². The van der Waals surface area contributed by atoms with Gasteiger partial charge in [0.15, 0.2) is 11.5 Å². The lowest BCUT2D eigenvalue weighted by atomic mass is 10.2. The fourth-order valence-corrected chi connectivity index (χ4v) is 3.32. The molecule has 0 N–H and O–H groups in total. The summed E-state index contributed by atoms with van der Waals surface area (Å²) in [6.07, 6.45) is 0.248. The molecule has 7 nitrogen and oxygen atoms in total. The highest BCUT2D eigenvalue weighted by atomic mass is 16.5. The van der Waals surface area contributed by atoms with Crippen molar-refractivity contribution in [3.63, 3.8) is 0 Å². The average molecular weight is 383 g/mol. The average Bonchev–Trinajstić information content (AvgIpc) is 2.96. The number of ether oxygens (including phenoxy) is 2. The Bertz CT molecular complexity index is 1050. The minimum atomic E-state index is -0.114. The van der Waals surface area contributed by atoms with Gasteiger partial charge in [0.2, 0.25) is 5.91 Å². The van der Waals surface area contributed by atoms with Crippen LogP contribution >= 0.6 is 0 Å². The Kier molecular flexibility index (Phi) is 5.73. The predicted octanol–water partition coefficient (Wildman–Crippen LogP) is 2.41. The summed E-state index contributed by atoms with van der Waals surface area (Å²) in [5.41, 5.74) is 2.52. The molecule has 0 fully saturated rings. The third-order valence-corrected chi connectivity index (χ3v) is 4.89. The highest BCUT2D eigenvalue weighted by Gasteiger charge is 2.15. The van der Waals surface area contributed by atoms with Crippen molar-refractivity contribution in [2.45, 2.75) is 19.5 Å². The van der Waals surface area contributed by atoms with Gasteiger partial charge < -0.3 is 14.4 Å². The Labute approximate surface area is 163 Å². The molecule has 7 heteroatoms. The third-order valence-electron chi connectivity index (χ3n) is 4.89. The zero-order valence-corrected chi connectivity index (χ0v) is 16.6. The molecule has 0 saturated carbocycles. The van der Waals surface area contributed by atoms with Crippen molar-refractivity contribution in [1.82, 2.24) is 14.0 Å². The molecule has 28 heavy (non-hydrogen) atoms. The van der Waals surface area contributed by atoms with Gasteiger partial charge >= 0.3 is 5.69 Å². The molecule has 0 aliphatic heterocycles. The van der Waals surface area contributed by atoms with Crippen molar-refractivity contribution in [1.29, 1.82) is 0 Å². The summed E-state index contributed by atoms with van der Waals surface area (Å²) in [5, 5.41) is 0. The second-order valence-electron chi connectivity index (χ2n) is 6.67. The number of hydrogen-bond donors (Lipinski definition) is 0. The van der Waals surface area contributed by atoms with Crippen molar-refractivity contribution in [3.05, 3.63) is 58.5 Å². The van der Waals surface area contributed by atoms with Gasteiger partial charge in [-0.2, -0.15) is 0 Å². The number of hydrogen-bond acceptors (Lipinski definition) is 4. The topological polar surface area (TPSA) is 65.7 Å². The molecule has 148 valence electrons. The van der Waals surface area contributed by atoms with Crippen molar-refractivity contribution in [2.75, 3.05) is 21.3 Å². The zero-order valence-electron chi connectivity index (χ0n) is 16.6. The molecule has 0 aliphatic rings. The Hall–Kier alpha value is -3.22. The number of imidazole rings is 1. The number of para-hydroxylation sites is 2. The Balaban J connectivity index is 1.69. The van der Waals surface area contributed by atoms with Crippen molar-refractivity contribution in [3.8, 4) is 11.5 Å². The van der Waals surface area contributed by atoms with Crippen molar-refractivity contribution >= 4 is 16.9 Å². The molecule has 1 aromatic heterocycles. The Morgan fingerprint density at radius 3 is 2.39 bits per heavy atom. The summed E-state index contributed by atoms with van der Waals surface area (Å²) >= 11 is 0. The second-order valence-corrected chi connectivity index (χ2v) is 6.67. The number of nitrogens with zero attached hydrogens (tertiary/aromatic N) is 3. The Morgan fingerprint density at radius 1 is 1.04 bits per heavy atom. The van der Waals surface area contributed by atoms with Crippen LogP contribution in [0.5, 0.6) is 11.5 Å². The van der Waals surface area contributed by atoms with E-state index in [0.29, 0.717) is 24.6 Å². The highest BCUT2D eigenvalue weighted by Crippen LogP contribution is 2.28. The van der Waals surface area contributed by atoms with Crippen LogP contribution in [0.2, 0.25) is 0 Å². The van der Waals surface area contributed by atoms with E-state index in [-0.39, 0.29) is 18.0 Å². The lowest BCUT2D eigenvalue weighted by Crippen LogP contribution is -2.29. The van der Waals surface area contributed by atoms with E-state index in [9.17, 15) is 9.59 Å². The fraction of sp³-hybridized carbons (Fsp3) is 0.333. The van der Waals surface area contributed by atoms with Crippen LogP contribution in [0.15, 0.2) is 47.3 Å². The van der Waals surface area contributed by atoms with E-state index < -0.39 is 0 Å². The first-order valence-electron chi connectivity index (χ1n) is 9.05. The molecular weight excluding hydrogens is 358 g/mol. The number of benzene rings is 2. The van der Waals surface area contributed by atoms with Crippen molar-refractivity contribution in [2.24, 2.45) is 7.05 Å². The van der Waals surface area contributed by atoms with Gasteiger partial charge in [0.05, 0.1) is 25.3 Å². The molecular formula is C21H25N3O4. The second kappa shape index (κ2) is 8.21. The molecule has 1 heterocycles. The van der Waals surface area contributed by atoms with Gasteiger partial charge in [-0.1, -0.05) is 18.2 Å². The van der Waals surface area contributed by atoms with Gasteiger partial charge in [-0.3, -0.25) is 13.9 Å². The van der Waals surface area contributed by atoms with Crippen LogP contribution in [-0.4, -0.2) is 41.2 Å². The quantitative estimate of drug-likeness (QED) is 0.628. The molecule has 0 bridgehead atoms. The maximum Gasteiger partial charge on any atom is 0.328 e. The number of carbonyl (C=O) groups excluding carboxylic acids is 1. The first-order valence-corrected chi connectivity index (χ1v) is 9.05. The first-order chi connectivity index (χ1) is 13.5. The zero-order chi connectivity index (χ0) is 20.3. The van der Waals surface area contributed by atoms with Crippen molar-refractivity contribution < 1.29 is 14.3 Å². The summed E-state index contributed by atoms with van der Waals surface area (Å²) in [4.78, 5) is 26.7. The minimum absolute atomic E-state index is 0.0328. The number of fused-ring (bicyclic) bond motifs is 1. The molecule has 0 spiro atoms. The molecule has 0 radical (unpaired) electrons. The normalized spacial score (nSPS) is 10.9. The van der Waals surface area contributed by atoms with Crippen LogP contribution in [0.3, 0.4) is 0 Å². The van der Waals surface area contributed by atoms with Gasteiger partial charge in [0.1, 0.15) is 0 Å². The van der Waals surface area contributed by atoms with E-state index in [1.807, 2.05) is 42.5 Å². The van der Waals surface area contributed by atoms with Crippen LogP contribution in [0.4, 0.5) is 0 Å². The summed E-state index contributed by atoms with van der Waals surface area (Å²) in [5.74, 6) is 1.24. The summed E-state index contributed by atoms with van der Waals surface area (Å²) in [6, 6.07) is 13.2. The molecule has 0 unspecified atom stereocenters. The third kappa shape index (κ3) is 3.74. The van der Waals surface area contributed by atoms with E-state index in [4.69, 9.17) is 9.47 Å². The number of aromatic nitrogens is 2. The minimum Gasteiger partial charge on any atom is -0.493 e. The Morgan fingerprint density at radius 2 is 1.71 bits per heavy atom. The highest BCUT2D eigenvalue weighted by molar-refractivity contribution is 5.78. The van der Waals surface area contributed by atoms with E-state index in [0.717, 1.165) is 16.6 Å². The van der Waals surface area contributed by atoms with E-state index in [1.165, 1.54) is 0 Å². The maximum absolute atomic E-state index is 12.6. The van der Waals surface area contributed by atoms with Crippen LogP contribution in [0.25, 0.3) is 11.0 Å². The monoisotopic (exact) mass is 383 g/mol. The largest absolute Gasteiger partial charge is 0.493 e.